The van der Waals surface area contributed by atoms with Crippen LogP contribution in [0.4, 0.5) is 13.6 Å². The average molecular weight is 368 g/mol. The van der Waals surface area contributed by atoms with Crippen LogP contribution in [0.5, 0.6) is 0 Å². The first-order valence-electron chi connectivity index (χ1n) is 7.80. The van der Waals surface area contributed by atoms with Gasteiger partial charge in [0, 0.05) is 18.7 Å². The summed E-state index contributed by atoms with van der Waals surface area (Å²) >= 11 is 0. The maximum Gasteiger partial charge on any atom is 0.337 e. The van der Waals surface area contributed by atoms with Gasteiger partial charge in [0.25, 0.3) is 0 Å². The topological polar surface area (TPSA) is 95.9 Å². The van der Waals surface area contributed by atoms with E-state index in [1.807, 2.05) is 0 Å². The highest BCUT2D eigenvalue weighted by Crippen LogP contribution is 2.32. The largest absolute Gasteiger partial charge is 0.481 e. The van der Waals surface area contributed by atoms with E-state index in [0.29, 0.717) is 0 Å². The second-order valence-electron chi connectivity index (χ2n) is 5.70. The molecule has 1 aliphatic heterocycles. The van der Waals surface area contributed by atoms with Crippen molar-refractivity contribution in [1.29, 1.82) is 0 Å². The Hall–Kier alpha value is -2.97. The summed E-state index contributed by atoms with van der Waals surface area (Å²) in [5, 5.41) is 11.3. The molecule has 1 atom stereocenters. The van der Waals surface area contributed by atoms with Crippen LogP contribution in [0.3, 0.4) is 0 Å². The standard InChI is InChI=1S/C17H18F2N2O5/c1-9-14(16(24)26-2)15(10-5-6-11(18)12(19)8-10)20-17(25)21(9)7-3-4-13(22)23/h5-6,8,15H,3-4,7H2,1-2H3,(H,20,25)(H,22,23)/t15-/m0/s1. The minimum absolute atomic E-state index is 0.0634. The summed E-state index contributed by atoms with van der Waals surface area (Å²) in [6.45, 7) is 1.59. The highest BCUT2D eigenvalue weighted by Gasteiger charge is 2.36. The lowest BCUT2D eigenvalue weighted by Crippen LogP contribution is -2.48. The van der Waals surface area contributed by atoms with Crippen molar-refractivity contribution < 1.29 is 33.0 Å². The van der Waals surface area contributed by atoms with Crippen molar-refractivity contribution in [3.8, 4) is 0 Å². The summed E-state index contributed by atoms with van der Waals surface area (Å²) in [6, 6.07) is 1.48. The molecule has 0 aromatic heterocycles. The summed E-state index contributed by atoms with van der Waals surface area (Å²) in [4.78, 5) is 36.5. The zero-order chi connectivity index (χ0) is 19.4. The van der Waals surface area contributed by atoms with Gasteiger partial charge >= 0.3 is 18.0 Å². The predicted molar refractivity (Wildman–Crippen MR) is 85.9 cm³/mol. The van der Waals surface area contributed by atoms with Gasteiger partial charge in [-0.2, -0.15) is 0 Å². The van der Waals surface area contributed by atoms with Gasteiger partial charge in [0.2, 0.25) is 0 Å². The summed E-state index contributed by atoms with van der Waals surface area (Å²) in [6.07, 6.45) is 0.0433. The lowest BCUT2D eigenvalue weighted by molar-refractivity contribution is -0.138. The monoisotopic (exact) mass is 368 g/mol. The molecule has 0 saturated carbocycles. The van der Waals surface area contributed by atoms with Gasteiger partial charge in [0.1, 0.15) is 0 Å². The fraction of sp³-hybridized carbons (Fsp3) is 0.353. The molecule has 0 spiro atoms. The third kappa shape index (κ3) is 3.98. The van der Waals surface area contributed by atoms with Crippen molar-refractivity contribution in [3.05, 3.63) is 46.7 Å². The molecule has 1 aliphatic rings. The van der Waals surface area contributed by atoms with Crippen LogP contribution in [0.2, 0.25) is 0 Å². The third-order valence-corrected chi connectivity index (χ3v) is 4.05. The molecule has 9 heteroatoms. The Morgan fingerprint density at radius 2 is 2.00 bits per heavy atom. The maximum absolute atomic E-state index is 13.6. The van der Waals surface area contributed by atoms with E-state index >= 15 is 0 Å². The van der Waals surface area contributed by atoms with Crippen molar-refractivity contribution in [2.24, 2.45) is 0 Å². The number of esters is 1. The summed E-state index contributed by atoms with van der Waals surface area (Å²) in [7, 11) is 1.16. The van der Waals surface area contributed by atoms with Crippen LogP contribution in [0.1, 0.15) is 31.4 Å². The molecule has 140 valence electrons. The van der Waals surface area contributed by atoms with E-state index < -0.39 is 35.6 Å². The number of amides is 2. The zero-order valence-electron chi connectivity index (χ0n) is 14.2. The lowest BCUT2D eigenvalue weighted by atomic mass is 9.94. The Kier molecular flexibility index (Phi) is 5.91. The van der Waals surface area contributed by atoms with Crippen LogP contribution in [0.25, 0.3) is 0 Å². The average Bonchev–Trinajstić information content (AvgIpc) is 2.58. The smallest absolute Gasteiger partial charge is 0.337 e. The van der Waals surface area contributed by atoms with Crippen molar-refractivity contribution in [1.82, 2.24) is 10.2 Å². The van der Waals surface area contributed by atoms with Crippen molar-refractivity contribution >= 4 is 18.0 Å². The molecule has 0 fully saturated rings. The number of allylic oxidation sites excluding steroid dienone is 1. The molecule has 0 saturated heterocycles. The number of carbonyl (C=O) groups excluding carboxylic acids is 2. The predicted octanol–water partition coefficient (Wildman–Crippen LogP) is 2.34. The summed E-state index contributed by atoms with van der Waals surface area (Å²) < 4.78 is 31.5. The van der Waals surface area contributed by atoms with Gasteiger partial charge in [-0.05, 0) is 31.0 Å². The number of rotatable bonds is 6. The van der Waals surface area contributed by atoms with Crippen LogP contribution in [-0.2, 0) is 14.3 Å². The van der Waals surface area contributed by atoms with Crippen LogP contribution in [0.15, 0.2) is 29.5 Å². The van der Waals surface area contributed by atoms with Crippen molar-refractivity contribution in [2.75, 3.05) is 13.7 Å². The number of ether oxygens (including phenoxy) is 1. The van der Waals surface area contributed by atoms with Gasteiger partial charge in [-0.25, -0.2) is 18.4 Å². The Balaban J connectivity index is 2.41. The lowest BCUT2D eigenvalue weighted by Gasteiger charge is -2.35. The minimum Gasteiger partial charge on any atom is -0.481 e. The Labute approximate surface area is 148 Å². The van der Waals surface area contributed by atoms with E-state index in [0.717, 1.165) is 19.2 Å². The molecule has 7 nitrogen and oxygen atoms in total. The number of carboxylic acid groups (broad SMARTS) is 1. The van der Waals surface area contributed by atoms with Crippen LogP contribution >= 0.6 is 0 Å². The van der Waals surface area contributed by atoms with Gasteiger partial charge in [0.05, 0.1) is 18.7 Å². The summed E-state index contributed by atoms with van der Waals surface area (Å²) in [5.74, 6) is -3.90. The molecule has 1 heterocycles. The first kappa shape index (κ1) is 19.4. The van der Waals surface area contributed by atoms with Crippen molar-refractivity contribution in [3.63, 3.8) is 0 Å². The van der Waals surface area contributed by atoms with Crippen LogP contribution in [0, 0.1) is 11.6 Å². The number of hydrogen-bond donors (Lipinski definition) is 2. The Bertz CT molecular complexity index is 778. The molecule has 2 N–H and O–H groups in total. The Morgan fingerprint density at radius 3 is 2.58 bits per heavy atom. The molecule has 26 heavy (non-hydrogen) atoms. The van der Waals surface area contributed by atoms with E-state index in [1.54, 1.807) is 0 Å². The highest BCUT2D eigenvalue weighted by atomic mass is 19.2. The molecular weight excluding hydrogens is 350 g/mol. The number of benzene rings is 1. The fourth-order valence-corrected chi connectivity index (χ4v) is 2.76. The van der Waals surface area contributed by atoms with Crippen LogP contribution in [-0.4, -0.2) is 41.6 Å². The molecule has 0 aliphatic carbocycles. The fourth-order valence-electron chi connectivity index (χ4n) is 2.76. The zero-order valence-corrected chi connectivity index (χ0v) is 14.2. The number of carbonyl (C=O) groups is 3. The van der Waals surface area contributed by atoms with E-state index in [1.165, 1.54) is 17.9 Å². The quantitative estimate of drug-likeness (QED) is 0.752. The van der Waals surface area contributed by atoms with Gasteiger partial charge in [-0.3, -0.25) is 9.69 Å². The molecular formula is C17H18F2N2O5. The molecule has 0 unspecified atom stereocenters. The number of methoxy groups -OCH3 is 1. The maximum atomic E-state index is 13.6. The number of hydrogen-bond acceptors (Lipinski definition) is 4. The molecule has 1 aromatic carbocycles. The number of nitrogens with zero attached hydrogens (tertiary/aromatic N) is 1. The SMILES string of the molecule is COC(=O)C1=C(C)N(CCCC(=O)O)C(=O)N[C@H]1c1ccc(F)c(F)c1. The number of aliphatic carboxylic acids is 1. The van der Waals surface area contributed by atoms with Crippen LogP contribution < -0.4 is 5.32 Å². The highest BCUT2D eigenvalue weighted by molar-refractivity contribution is 5.95. The molecule has 2 amide bonds. The third-order valence-electron chi connectivity index (χ3n) is 4.05. The first-order valence-corrected chi connectivity index (χ1v) is 7.80. The van der Waals surface area contributed by atoms with E-state index in [-0.39, 0.29) is 36.2 Å². The number of carboxylic acids is 1. The van der Waals surface area contributed by atoms with Crippen molar-refractivity contribution in [2.45, 2.75) is 25.8 Å². The number of urea groups is 1. The molecule has 0 bridgehead atoms. The van der Waals surface area contributed by atoms with Gasteiger partial charge in [0.15, 0.2) is 11.6 Å². The molecule has 1 aromatic rings. The van der Waals surface area contributed by atoms with Gasteiger partial charge in [-0.15, -0.1) is 0 Å². The summed E-state index contributed by atoms with van der Waals surface area (Å²) in [5.41, 5.74) is 0.511. The number of halogens is 2. The first-order chi connectivity index (χ1) is 12.3. The second kappa shape index (κ2) is 7.94. The number of nitrogens with one attached hydrogen (secondary N) is 1. The Morgan fingerprint density at radius 1 is 1.31 bits per heavy atom. The van der Waals surface area contributed by atoms with E-state index in [2.05, 4.69) is 5.32 Å². The molecule has 2 rings (SSSR count). The molecule has 0 radical (unpaired) electrons. The van der Waals surface area contributed by atoms with Gasteiger partial charge < -0.3 is 15.2 Å². The van der Waals surface area contributed by atoms with E-state index in [9.17, 15) is 23.2 Å². The van der Waals surface area contributed by atoms with E-state index in [4.69, 9.17) is 9.84 Å². The van der Waals surface area contributed by atoms with Gasteiger partial charge in [-0.1, -0.05) is 6.07 Å². The second-order valence-corrected chi connectivity index (χ2v) is 5.70. The minimum atomic E-state index is -1.11. The normalized spacial score (nSPS) is 17.2.